The minimum atomic E-state index is 0.146. The van der Waals surface area contributed by atoms with Gasteiger partial charge < -0.3 is 5.32 Å². The maximum absolute atomic E-state index is 12.7. The molecule has 0 bridgehead atoms. The van der Waals surface area contributed by atoms with E-state index >= 15 is 0 Å². The summed E-state index contributed by atoms with van der Waals surface area (Å²) < 4.78 is 0. The zero-order chi connectivity index (χ0) is 21.5. The summed E-state index contributed by atoms with van der Waals surface area (Å²) in [4.78, 5) is 17.7. The van der Waals surface area contributed by atoms with Crippen LogP contribution in [0.3, 0.4) is 0 Å². The lowest BCUT2D eigenvalue weighted by molar-refractivity contribution is -0.126. The lowest BCUT2D eigenvalue weighted by Gasteiger charge is -2.31. The van der Waals surface area contributed by atoms with Crippen LogP contribution in [0.5, 0.6) is 0 Å². The molecular formula is C27H37N3O. The van der Waals surface area contributed by atoms with Crippen LogP contribution in [0.2, 0.25) is 0 Å². The minimum Gasteiger partial charge on any atom is -0.352 e. The van der Waals surface area contributed by atoms with E-state index in [1.807, 2.05) is 0 Å². The third-order valence-corrected chi connectivity index (χ3v) is 6.84. The highest BCUT2D eigenvalue weighted by atomic mass is 16.1. The monoisotopic (exact) mass is 419 g/mol. The smallest absolute Gasteiger partial charge is 0.223 e. The highest BCUT2D eigenvalue weighted by Crippen LogP contribution is 2.20. The van der Waals surface area contributed by atoms with Crippen molar-refractivity contribution in [3.63, 3.8) is 0 Å². The molecule has 0 saturated carbocycles. The summed E-state index contributed by atoms with van der Waals surface area (Å²) in [5.41, 5.74) is 3.91. The SMILES string of the molecule is CC1CCCN(Cc2ccc(CNC(=O)C3CCN(Cc4ccccc4)CC3)cc2)C1. The summed E-state index contributed by atoms with van der Waals surface area (Å²) >= 11 is 0. The van der Waals surface area contributed by atoms with Crippen LogP contribution >= 0.6 is 0 Å². The Morgan fingerprint density at radius 2 is 1.48 bits per heavy atom. The number of nitrogens with zero attached hydrogens (tertiary/aromatic N) is 2. The molecule has 4 nitrogen and oxygen atoms in total. The summed E-state index contributed by atoms with van der Waals surface area (Å²) in [5.74, 6) is 1.17. The molecule has 0 aliphatic carbocycles. The first kappa shape index (κ1) is 22.0. The molecule has 2 fully saturated rings. The number of carbonyl (C=O) groups excluding carboxylic acids is 1. The predicted molar refractivity (Wildman–Crippen MR) is 126 cm³/mol. The van der Waals surface area contributed by atoms with Gasteiger partial charge in [0.25, 0.3) is 0 Å². The molecular weight excluding hydrogens is 382 g/mol. The lowest BCUT2D eigenvalue weighted by Crippen LogP contribution is -2.40. The largest absolute Gasteiger partial charge is 0.352 e. The lowest BCUT2D eigenvalue weighted by atomic mass is 9.95. The van der Waals surface area contributed by atoms with E-state index in [9.17, 15) is 4.79 Å². The minimum absolute atomic E-state index is 0.146. The fourth-order valence-electron chi connectivity index (χ4n) is 4.98. The van der Waals surface area contributed by atoms with Crippen LogP contribution in [0.4, 0.5) is 0 Å². The van der Waals surface area contributed by atoms with E-state index in [1.54, 1.807) is 0 Å². The number of hydrogen-bond donors (Lipinski definition) is 1. The maximum Gasteiger partial charge on any atom is 0.223 e. The van der Waals surface area contributed by atoms with Gasteiger partial charge in [0.1, 0.15) is 0 Å². The second-order valence-electron chi connectivity index (χ2n) is 9.55. The molecule has 0 radical (unpaired) electrons. The number of amides is 1. The van der Waals surface area contributed by atoms with Crippen LogP contribution in [-0.2, 0) is 24.4 Å². The molecule has 4 heteroatoms. The van der Waals surface area contributed by atoms with E-state index in [0.717, 1.165) is 44.9 Å². The molecule has 0 spiro atoms. The Balaban J connectivity index is 1.18. The Labute approximate surface area is 187 Å². The summed E-state index contributed by atoms with van der Waals surface area (Å²) in [7, 11) is 0. The standard InChI is InChI=1S/C27H37N3O/c1-22-6-5-15-30(19-22)21-25-11-9-23(10-12-25)18-28-27(31)26-13-16-29(17-14-26)20-24-7-3-2-4-8-24/h2-4,7-12,22,26H,5-6,13-21H2,1H3,(H,28,31). The van der Waals surface area contributed by atoms with E-state index in [4.69, 9.17) is 0 Å². The molecule has 1 amide bonds. The van der Waals surface area contributed by atoms with Crippen molar-refractivity contribution in [1.82, 2.24) is 15.1 Å². The zero-order valence-electron chi connectivity index (χ0n) is 18.9. The molecule has 2 aliphatic rings. The van der Waals surface area contributed by atoms with E-state index in [-0.39, 0.29) is 11.8 Å². The Hall–Kier alpha value is -2.17. The number of carbonyl (C=O) groups is 1. The highest BCUT2D eigenvalue weighted by molar-refractivity contribution is 5.78. The first-order valence-corrected chi connectivity index (χ1v) is 12.0. The Morgan fingerprint density at radius 3 is 2.19 bits per heavy atom. The van der Waals surface area contributed by atoms with E-state index in [1.165, 1.54) is 42.6 Å². The first-order valence-electron chi connectivity index (χ1n) is 12.0. The Morgan fingerprint density at radius 1 is 0.839 bits per heavy atom. The van der Waals surface area contributed by atoms with Crippen molar-refractivity contribution in [3.8, 4) is 0 Å². The van der Waals surface area contributed by atoms with Crippen LogP contribution in [0.1, 0.15) is 49.3 Å². The Bertz CT molecular complexity index is 812. The molecule has 2 heterocycles. The van der Waals surface area contributed by atoms with E-state index in [0.29, 0.717) is 6.54 Å². The molecule has 1 atom stereocenters. The van der Waals surface area contributed by atoms with E-state index < -0.39 is 0 Å². The van der Waals surface area contributed by atoms with Gasteiger partial charge in [0.05, 0.1) is 0 Å². The van der Waals surface area contributed by atoms with Crippen LogP contribution in [0, 0.1) is 11.8 Å². The summed E-state index contributed by atoms with van der Waals surface area (Å²) in [6, 6.07) is 19.4. The van der Waals surface area contributed by atoms with Gasteiger partial charge in [-0.05, 0) is 67.9 Å². The van der Waals surface area contributed by atoms with Crippen molar-refractivity contribution in [3.05, 3.63) is 71.3 Å². The number of rotatable bonds is 7. The van der Waals surface area contributed by atoms with Crippen molar-refractivity contribution in [1.29, 1.82) is 0 Å². The van der Waals surface area contributed by atoms with Gasteiger partial charge >= 0.3 is 0 Å². The van der Waals surface area contributed by atoms with Crippen LogP contribution in [0.15, 0.2) is 54.6 Å². The molecule has 1 N–H and O–H groups in total. The van der Waals surface area contributed by atoms with Crippen molar-refractivity contribution < 1.29 is 4.79 Å². The third kappa shape index (κ3) is 6.65. The molecule has 1 unspecified atom stereocenters. The fraction of sp³-hybridized carbons (Fsp3) is 0.519. The molecule has 0 aromatic heterocycles. The summed E-state index contributed by atoms with van der Waals surface area (Å²) in [6.07, 6.45) is 4.58. The quantitative estimate of drug-likeness (QED) is 0.720. The number of likely N-dealkylation sites (tertiary alicyclic amines) is 2. The number of benzene rings is 2. The van der Waals surface area contributed by atoms with E-state index in [2.05, 4.69) is 76.6 Å². The van der Waals surface area contributed by atoms with Crippen molar-refractivity contribution in [2.24, 2.45) is 11.8 Å². The van der Waals surface area contributed by atoms with Gasteiger partial charge in [0.15, 0.2) is 0 Å². The Kier molecular flexibility index (Phi) is 7.76. The van der Waals surface area contributed by atoms with Crippen molar-refractivity contribution in [2.45, 2.75) is 52.2 Å². The second kappa shape index (κ2) is 10.9. The van der Waals surface area contributed by atoms with Gasteiger partial charge in [0.2, 0.25) is 5.91 Å². The van der Waals surface area contributed by atoms with Gasteiger partial charge in [-0.3, -0.25) is 14.6 Å². The van der Waals surface area contributed by atoms with Gasteiger partial charge in [0, 0.05) is 32.1 Å². The summed E-state index contributed by atoms with van der Waals surface area (Å²) in [5, 5.41) is 3.17. The molecule has 166 valence electrons. The normalized spacial score (nSPS) is 21.1. The number of nitrogens with one attached hydrogen (secondary N) is 1. The van der Waals surface area contributed by atoms with Crippen LogP contribution in [-0.4, -0.2) is 41.9 Å². The zero-order valence-corrected chi connectivity index (χ0v) is 18.9. The van der Waals surface area contributed by atoms with Gasteiger partial charge in [-0.15, -0.1) is 0 Å². The molecule has 2 aliphatic heterocycles. The van der Waals surface area contributed by atoms with Crippen molar-refractivity contribution >= 4 is 5.91 Å². The second-order valence-corrected chi connectivity index (χ2v) is 9.55. The maximum atomic E-state index is 12.7. The molecule has 2 aromatic rings. The van der Waals surface area contributed by atoms with Gasteiger partial charge in [-0.25, -0.2) is 0 Å². The average Bonchev–Trinajstić information content (AvgIpc) is 2.80. The van der Waals surface area contributed by atoms with Crippen molar-refractivity contribution in [2.75, 3.05) is 26.2 Å². The fourth-order valence-corrected chi connectivity index (χ4v) is 4.98. The summed E-state index contributed by atoms with van der Waals surface area (Å²) in [6.45, 7) is 9.42. The molecule has 2 saturated heterocycles. The average molecular weight is 420 g/mol. The number of hydrogen-bond acceptors (Lipinski definition) is 3. The van der Waals surface area contributed by atoms with Crippen LogP contribution < -0.4 is 5.32 Å². The number of piperidine rings is 2. The predicted octanol–water partition coefficient (Wildman–Crippen LogP) is 4.45. The molecule has 4 rings (SSSR count). The topological polar surface area (TPSA) is 35.6 Å². The molecule has 31 heavy (non-hydrogen) atoms. The van der Waals surface area contributed by atoms with Gasteiger partial charge in [-0.2, -0.15) is 0 Å². The molecule has 2 aromatic carbocycles. The van der Waals surface area contributed by atoms with Gasteiger partial charge in [-0.1, -0.05) is 61.5 Å². The highest BCUT2D eigenvalue weighted by Gasteiger charge is 2.24. The third-order valence-electron chi connectivity index (χ3n) is 6.84. The first-order chi connectivity index (χ1) is 15.2. The van der Waals surface area contributed by atoms with Crippen LogP contribution in [0.25, 0.3) is 0 Å².